The molecule has 4 heteroatoms. The molecule has 1 aromatic heterocycles. The molecule has 2 rings (SSSR count). The van der Waals surface area contributed by atoms with Gasteiger partial charge in [-0.2, -0.15) is 0 Å². The van der Waals surface area contributed by atoms with Crippen LogP contribution in [0.3, 0.4) is 0 Å². The maximum Gasteiger partial charge on any atom is 0.122 e. The molecule has 1 aromatic carbocycles. The predicted molar refractivity (Wildman–Crippen MR) is 73.3 cm³/mol. The van der Waals surface area contributed by atoms with E-state index in [0.29, 0.717) is 13.0 Å². The van der Waals surface area contributed by atoms with Crippen molar-refractivity contribution >= 4 is 11.3 Å². The first kappa shape index (κ1) is 13.1. The Morgan fingerprint density at radius 1 is 1.28 bits per heavy atom. The van der Waals surface area contributed by atoms with Crippen molar-refractivity contribution in [2.45, 2.75) is 19.8 Å². The van der Waals surface area contributed by atoms with Crippen LogP contribution in [0.1, 0.15) is 16.3 Å². The molecule has 0 aliphatic rings. The van der Waals surface area contributed by atoms with Crippen molar-refractivity contribution in [2.24, 2.45) is 0 Å². The van der Waals surface area contributed by atoms with E-state index in [1.54, 1.807) is 11.3 Å². The lowest BCUT2D eigenvalue weighted by Gasteiger charge is -2.07. The predicted octanol–water partition coefficient (Wildman–Crippen LogP) is 2.61. The molecule has 0 saturated carbocycles. The Kier molecular flexibility index (Phi) is 4.73. The van der Waals surface area contributed by atoms with Gasteiger partial charge in [-0.05, 0) is 18.6 Å². The fourth-order valence-corrected chi connectivity index (χ4v) is 2.47. The van der Waals surface area contributed by atoms with Crippen molar-refractivity contribution in [3.8, 4) is 5.75 Å². The molecule has 3 nitrogen and oxygen atoms in total. The number of thiazole rings is 1. The Hall–Kier alpha value is -1.39. The van der Waals surface area contributed by atoms with E-state index in [9.17, 15) is 0 Å². The van der Waals surface area contributed by atoms with Crippen LogP contribution in [0.4, 0.5) is 0 Å². The Bertz CT molecular complexity index is 496. The molecule has 1 N–H and O–H groups in total. The highest BCUT2D eigenvalue weighted by Crippen LogP contribution is 2.17. The highest BCUT2D eigenvalue weighted by Gasteiger charge is 2.03. The first-order chi connectivity index (χ1) is 8.79. The zero-order valence-corrected chi connectivity index (χ0v) is 11.2. The molecule has 2 aromatic rings. The summed E-state index contributed by atoms with van der Waals surface area (Å²) in [7, 11) is 0. The number of aromatic nitrogens is 1. The molecule has 0 unspecified atom stereocenters. The zero-order chi connectivity index (χ0) is 12.8. The van der Waals surface area contributed by atoms with Gasteiger partial charge in [0.2, 0.25) is 0 Å². The number of hydrogen-bond acceptors (Lipinski definition) is 4. The third-order valence-corrected chi connectivity index (χ3v) is 3.59. The minimum Gasteiger partial charge on any atom is -0.493 e. The summed E-state index contributed by atoms with van der Waals surface area (Å²) < 4.78 is 5.73. The second kappa shape index (κ2) is 6.52. The quantitative estimate of drug-likeness (QED) is 0.871. The average molecular weight is 263 g/mol. The third-order valence-electron chi connectivity index (χ3n) is 2.63. The maximum absolute atomic E-state index is 8.82. The molecule has 0 bridgehead atoms. The molecule has 0 saturated heterocycles. The number of aryl methyl sites for hydroxylation is 1. The van der Waals surface area contributed by atoms with Gasteiger partial charge in [-0.25, -0.2) is 4.98 Å². The first-order valence-electron chi connectivity index (χ1n) is 6.02. The van der Waals surface area contributed by atoms with Gasteiger partial charge in [-0.15, -0.1) is 11.3 Å². The topological polar surface area (TPSA) is 42.4 Å². The summed E-state index contributed by atoms with van der Waals surface area (Å²) in [5.74, 6) is 0.935. The zero-order valence-electron chi connectivity index (χ0n) is 10.4. The van der Waals surface area contributed by atoms with E-state index in [4.69, 9.17) is 9.84 Å². The van der Waals surface area contributed by atoms with Gasteiger partial charge in [-0.3, -0.25) is 0 Å². The van der Waals surface area contributed by atoms with Gasteiger partial charge in [0.1, 0.15) is 5.75 Å². The van der Waals surface area contributed by atoms with Crippen LogP contribution in [0.25, 0.3) is 0 Å². The van der Waals surface area contributed by atoms with E-state index in [1.165, 1.54) is 0 Å². The number of aliphatic hydroxyl groups is 1. The van der Waals surface area contributed by atoms with Crippen LogP contribution in [-0.4, -0.2) is 23.3 Å². The summed E-state index contributed by atoms with van der Waals surface area (Å²) >= 11 is 1.63. The van der Waals surface area contributed by atoms with Crippen LogP contribution >= 0.6 is 11.3 Å². The van der Waals surface area contributed by atoms with E-state index in [0.717, 1.165) is 28.4 Å². The maximum atomic E-state index is 8.82. The van der Waals surface area contributed by atoms with Crippen LogP contribution in [0.2, 0.25) is 0 Å². The van der Waals surface area contributed by atoms with Crippen molar-refractivity contribution in [1.29, 1.82) is 0 Å². The lowest BCUT2D eigenvalue weighted by Crippen LogP contribution is -2.02. The SMILES string of the molecule is Cc1ccccc1OCCc1nc(CCO)cs1. The number of ether oxygens (including phenoxy) is 1. The van der Waals surface area contributed by atoms with Crippen molar-refractivity contribution in [3.05, 3.63) is 45.9 Å². The fourth-order valence-electron chi connectivity index (χ4n) is 1.66. The first-order valence-corrected chi connectivity index (χ1v) is 6.90. The summed E-state index contributed by atoms with van der Waals surface area (Å²) in [4.78, 5) is 4.43. The lowest BCUT2D eigenvalue weighted by molar-refractivity contribution is 0.298. The van der Waals surface area contributed by atoms with E-state index in [1.807, 2.05) is 36.6 Å². The second-order valence-electron chi connectivity index (χ2n) is 4.07. The van der Waals surface area contributed by atoms with Crippen molar-refractivity contribution < 1.29 is 9.84 Å². The molecule has 0 aliphatic carbocycles. The van der Waals surface area contributed by atoms with Gasteiger partial charge in [0, 0.05) is 24.8 Å². The van der Waals surface area contributed by atoms with Crippen molar-refractivity contribution in [2.75, 3.05) is 13.2 Å². The van der Waals surface area contributed by atoms with E-state index < -0.39 is 0 Å². The normalized spacial score (nSPS) is 10.6. The number of benzene rings is 1. The Balaban J connectivity index is 1.83. The standard InChI is InChI=1S/C14H17NO2S/c1-11-4-2-3-5-13(11)17-9-7-14-15-12(6-8-16)10-18-14/h2-5,10,16H,6-9H2,1H3. The molecular formula is C14H17NO2S. The monoisotopic (exact) mass is 263 g/mol. The average Bonchev–Trinajstić information content (AvgIpc) is 2.80. The van der Waals surface area contributed by atoms with Crippen LogP contribution in [0.5, 0.6) is 5.75 Å². The van der Waals surface area contributed by atoms with Gasteiger partial charge >= 0.3 is 0 Å². The Labute approximate surface area is 111 Å². The number of rotatable bonds is 6. The van der Waals surface area contributed by atoms with Gasteiger partial charge in [0.05, 0.1) is 17.3 Å². The van der Waals surface area contributed by atoms with Crippen molar-refractivity contribution in [1.82, 2.24) is 4.98 Å². The number of para-hydroxylation sites is 1. The summed E-state index contributed by atoms with van der Waals surface area (Å²) in [5.41, 5.74) is 2.12. The van der Waals surface area contributed by atoms with Gasteiger partial charge < -0.3 is 9.84 Å². The fraction of sp³-hybridized carbons (Fsp3) is 0.357. The largest absolute Gasteiger partial charge is 0.493 e. The lowest BCUT2D eigenvalue weighted by atomic mass is 10.2. The van der Waals surface area contributed by atoms with Crippen molar-refractivity contribution in [3.63, 3.8) is 0 Å². The number of hydrogen-bond donors (Lipinski definition) is 1. The Morgan fingerprint density at radius 2 is 2.11 bits per heavy atom. The summed E-state index contributed by atoms with van der Waals surface area (Å²) in [6, 6.07) is 8.00. The van der Waals surface area contributed by atoms with Crippen LogP contribution in [0.15, 0.2) is 29.6 Å². The molecule has 0 spiro atoms. The van der Waals surface area contributed by atoms with Crippen LogP contribution in [-0.2, 0) is 12.8 Å². The van der Waals surface area contributed by atoms with E-state index in [2.05, 4.69) is 4.98 Å². The van der Waals surface area contributed by atoms with Gasteiger partial charge in [0.15, 0.2) is 0 Å². The highest BCUT2D eigenvalue weighted by molar-refractivity contribution is 7.09. The molecule has 0 radical (unpaired) electrons. The third kappa shape index (κ3) is 3.55. The van der Waals surface area contributed by atoms with Gasteiger partial charge in [-0.1, -0.05) is 18.2 Å². The molecular weight excluding hydrogens is 246 g/mol. The summed E-state index contributed by atoms with van der Waals surface area (Å²) in [6.45, 7) is 2.83. The highest BCUT2D eigenvalue weighted by atomic mass is 32.1. The van der Waals surface area contributed by atoms with Crippen LogP contribution in [0, 0.1) is 6.92 Å². The van der Waals surface area contributed by atoms with E-state index in [-0.39, 0.29) is 6.61 Å². The minimum atomic E-state index is 0.156. The van der Waals surface area contributed by atoms with Gasteiger partial charge in [0.25, 0.3) is 0 Å². The van der Waals surface area contributed by atoms with Crippen LogP contribution < -0.4 is 4.74 Å². The molecule has 0 amide bonds. The molecule has 0 atom stereocenters. The molecule has 18 heavy (non-hydrogen) atoms. The molecule has 0 fully saturated rings. The summed E-state index contributed by atoms with van der Waals surface area (Å²) in [5, 5.41) is 11.9. The molecule has 96 valence electrons. The summed E-state index contributed by atoms with van der Waals surface area (Å²) in [6.07, 6.45) is 1.44. The Morgan fingerprint density at radius 3 is 2.89 bits per heavy atom. The van der Waals surface area contributed by atoms with E-state index >= 15 is 0 Å². The minimum absolute atomic E-state index is 0.156. The second-order valence-corrected chi connectivity index (χ2v) is 5.01. The molecule has 0 aliphatic heterocycles. The number of nitrogens with zero attached hydrogens (tertiary/aromatic N) is 1. The smallest absolute Gasteiger partial charge is 0.122 e. The molecule has 1 heterocycles. The number of aliphatic hydroxyl groups excluding tert-OH is 1.